The summed E-state index contributed by atoms with van der Waals surface area (Å²) in [5, 5.41) is 24.9. The van der Waals surface area contributed by atoms with E-state index in [-0.39, 0.29) is 46.3 Å². The molecule has 200 valence electrons. The van der Waals surface area contributed by atoms with E-state index in [0.717, 1.165) is 36.0 Å². The molecule has 0 N–H and O–H groups in total. The third-order valence-corrected chi connectivity index (χ3v) is 15.1. The van der Waals surface area contributed by atoms with Gasteiger partial charge in [0.25, 0.3) is 28.3 Å². The Kier molecular flexibility index (Phi) is 52.1. The van der Waals surface area contributed by atoms with Crippen LogP contribution in [0.4, 0.5) is 0 Å². The summed E-state index contributed by atoms with van der Waals surface area (Å²) in [6, 6.07) is 6.55. The molecule has 0 heterocycles. The first-order valence-corrected chi connectivity index (χ1v) is 22.3. The number of aromatic carboxylic acids is 1. The van der Waals surface area contributed by atoms with Gasteiger partial charge in [-0.25, -0.2) is 0 Å². The predicted octanol–water partition coefficient (Wildman–Crippen LogP) is 5.58. The van der Waals surface area contributed by atoms with E-state index in [1.165, 1.54) is 65.0 Å². The molecule has 0 atom stereocenters. The molecule has 1 rings (SSSR count). The third kappa shape index (κ3) is 39.8. The fourth-order valence-electron chi connectivity index (χ4n) is 3.00. The summed E-state index contributed by atoms with van der Waals surface area (Å²) >= 11 is 1.29. The van der Waals surface area contributed by atoms with Crippen LogP contribution in [-0.2, 0) is 0 Å². The molecule has 0 aliphatic rings. The van der Waals surface area contributed by atoms with Crippen molar-refractivity contribution in [3.05, 3.63) is 35.4 Å². The molecule has 0 aliphatic heterocycles. The molecule has 2 nitrogen and oxygen atoms in total. The van der Waals surface area contributed by atoms with Crippen LogP contribution in [0.5, 0.6) is 0 Å². The molecule has 0 saturated carbocycles. The smallest absolute Gasteiger partial charge is 0.261 e. The number of halogens is 1. The van der Waals surface area contributed by atoms with Crippen LogP contribution in [-0.4, -0.2) is 64.7 Å². The molecule has 0 spiro atoms. The zero-order chi connectivity index (χ0) is 27.2. The van der Waals surface area contributed by atoms with Crippen LogP contribution in [0.25, 0.3) is 0 Å². The molecule has 0 unspecified atom stereocenters. The number of carbonyl (C=O) groups is 1. The van der Waals surface area contributed by atoms with Gasteiger partial charge in [-0.2, -0.15) is 0 Å². The Morgan fingerprint density at radius 2 is 0.886 bits per heavy atom. The van der Waals surface area contributed by atoms with Crippen molar-refractivity contribution in [2.45, 2.75) is 129 Å². The van der Waals surface area contributed by atoms with Gasteiger partial charge in [0.15, 0.2) is 0 Å². The van der Waals surface area contributed by atoms with Crippen molar-refractivity contribution < 1.29 is 22.3 Å². The minimum atomic E-state index is -1.12. The zero-order valence-electron chi connectivity index (χ0n) is 25.4. The monoisotopic (exact) mass is 568 g/mol. The molecule has 0 amide bonds. The number of hydrogen-bond donors (Lipinski definition) is 0. The summed E-state index contributed by atoms with van der Waals surface area (Å²) in [6.45, 7) is 24.8. The molecule has 7 heteroatoms. The summed E-state index contributed by atoms with van der Waals surface area (Å²) in [5.74, 6) is -1.12. The number of hydrogen-bond acceptors (Lipinski definition) is 2. The maximum Gasteiger partial charge on any atom is 0.261 e. The number of carboxylic acids is 1. The summed E-state index contributed by atoms with van der Waals surface area (Å²) in [4.78, 5) is 10.2. The van der Waals surface area contributed by atoms with Gasteiger partial charge >= 0.3 is 79.3 Å². The van der Waals surface area contributed by atoms with Crippen LogP contribution in [0.3, 0.4) is 0 Å². The van der Waals surface area contributed by atoms with Crippen molar-refractivity contribution in [3.8, 4) is 0 Å². The Morgan fingerprint density at radius 3 is 1.00 bits per heavy atom. The van der Waals surface area contributed by atoms with Gasteiger partial charge in [-0.05, 0) is 12.5 Å². The minimum Gasteiger partial charge on any atom is -1.00 e. The van der Waals surface area contributed by atoms with Gasteiger partial charge in [-0.3, -0.25) is 0 Å². The first-order chi connectivity index (χ1) is 16.2. The van der Waals surface area contributed by atoms with Crippen molar-refractivity contribution in [3.63, 3.8) is 0 Å². The molecule has 0 aromatic heterocycles. The van der Waals surface area contributed by atoms with E-state index in [2.05, 4.69) is 69.2 Å². The second kappa shape index (κ2) is 39.6. The number of benzene rings is 1. The Labute approximate surface area is 249 Å². The van der Waals surface area contributed by atoms with Crippen LogP contribution in [0.1, 0.15) is 85.2 Å². The van der Waals surface area contributed by atoms with Gasteiger partial charge < -0.3 is 22.3 Å². The molecule has 0 fully saturated rings. The quantitative estimate of drug-likeness (QED) is 0.327. The normalized spacial score (nSPS) is 8.20. The van der Waals surface area contributed by atoms with E-state index in [1.807, 2.05) is 6.92 Å². The predicted molar refractivity (Wildman–Crippen MR) is 163 cm³/mol. The molecule has 0 bridgehead atoms. The SMILES string of the molecule is C[CH2][Al+][CH2]C.C[CH2][Al+][CH2]C.C[CH2][Al]([CH2]C)[CH2]C.C[CH2][Al]([CH2]C)[CH2]C.Cc1ccc(C(=O)[O-])cc1.[Cl-]. The summed E-state index contributed by atoms with van der Waals surface area (Å²) in [7, 11) is 0. The second-order valence-electron chi connectivity index (χ2n) is 8.55. The van der Waals surface area contributed by atoms with Crippen LogP contribution in [0.2, 0.25) is 52.8 Å². The van der Waals surface area contributed by atoms with Crippen LogP contribution >= 0.6 is 0 Å². The molecule has 1 aromatic rings. The summed E-state index contributed by atoms with van der Waals surface area (Å²) < 4.78 is 0. The van der Waals surface area contributed by atoms with Crippen molar-refractivity contribution >= 4 is 64.7 Å². The van der Waals surface area contributed by atoms with E-state index >= 15 is 0 Å². The fraction of sp³-hybridized carbons (Fsp3) is 0.750. The van der Waals surface area contributed by atoms with Crippen molar-refractivity contribution in [1.82, 2.24) is 0 Å². The molecule has 35 heavy (non-hydrogen) atoms. The molecule has 0 aliphatic carbocycles. The van der Waals surface area contributed by atoms with Crippen LogP contribution < -0.4 is 17.5 Å². The van der Waals surface area contributed by atoms with Crippen molar-refractivity contribution in [2.75, 3.05) is 0 Å². The van der Waals surface area contributed by atoms with E-state index < -0.39 is 5.97 Å². The average Bonchev–Trinajstić information content (AvgIpc) is 2.84. The van der Waals surface area contributed by atoms with Crippen LogP contribution in [0.15, 0.2) is 24.3 Å². The topological polar surface area (TPSA) is 40.1 Å². The third-order valence-electron chi connectivity index (χ3n) is 5.91. The number of aryl methyl sites for hydroxylation is 1. The number of rotatable bonds is 11. The summed E-state index contributed by atoms with van der Waals surface area (Å²) in [6.07, 6.45) is 0. The van der Waals surface area contributed by atoms with Gasteiger partial charge in [-0.15, -0.1) is 0 Å². The zero-order valence-corrected chi connectivity index (χ0v) is 30.8. The summed E-state index contributed by atoms with van der Waals surface area (Å²) in [5.41, 5.74) is 1.27. The molecular formula is C28H57Al4ClO2. The minimum absolute atomic E-state index is 0. The first kappa shape index (κ1) is 46.0. The number of carboxylic acid groups (broad SMARTS) is 1. The maximum absolute atomic E-state index is 10.2. The van der Waals surface area contributed by atoms with E-state index in [1.54, 1.807) is 12.1 Å². The van der Waals surface area contributed by atoms with E-state index in [0.29, 0.717) is 0 Å². The largest absolute Gasteiger partial charge is 1.00 e. The van der Waals surface area contributed by atoms with E-state index in [9.17, 15) is 9.90 Å². The Morgan fingerprint density at radius 1 is 0.629 bits per heavy atom. The Bertz CT molecular complexity index is 461. The van der Waals surface area contributed by atoms with Gasteiger partial charge in [0.2, 0.25) is 0 Å². The van der Waals surface area contributed by atoms with Gasteiger partial charge in [0.05, 0.1) is 5.97 Å². The van der Waals surface area contributed by atoms with Gasteiger partial charge in [0.1, 0.15) is 0 Å². The van der Waals surface area contributed by atoms with Crippen molar-refractivity contribution in [1.29, 1.82) is 0 Å². The van der Waals surface area contributed by atoms with Gasteiger partial charge in [0, 0.05) is 0 Å². The molecule has 0 saturated heterocycles. The molecular weight excluding hydrogens is 512 g/mol. The Balaban J connectivity index is -0.000000110. The maximum atomic E-state index is 10.2. The van der Waals surface area contributed by atoms with Crippen molar-refractivity contribution in [2.24, 2.45) is 0 Å². The Hall–Kier alpha value is 1.11. The average molecular weight is 569 g/mol. The molecule has 1 aromatic carbocycles. The standard InChI is InChI=1S/C8H8O2.10C2H5.4Al.ClH/c1-6-2-4-7(5-3-6)8(9)10;10*1-2;;;;;/h2-5H,1H3,(H,9,10);10*1H2,2H3;;;;;1H/q;;;;;;;;;;;;;2*+1;/p-2. The first-order valence-electron chi connectivity index (χ1n) is 14.1. The fourth-order valence-corrected chi connectivity index (χ4v) is 7.62. The van der Waals surface area contributed by atoms with E-state index in [4.69, 9.17) is 0 Å². The molecule has 0 radical (unpaired) electrons. The van der Waals surface area contributed by atoms with Crippen LogP contribution in [0, 0.1) is 6.92 Å². The van der Waals surface area contributed by atoms with Gasteiger partial charge in [-0.1, -0.05) is 103 Å². The number of carbonyl (C=O) groups excluding carboxylic acids is 1. The second-order valence-corrected chi connectivity index (χ2v) is 21.3.